The summed E-state index contributed by atoms with van der Waals surface area (Å²) < 4.78 is 6.11. The van der Waals surface area contributed by atoms with Gasteiger partial charge >= 0.3 is 0 Å². The molecule has 1 aromatic carbocycles. The molecule has 7 heteroatoms. The number of nitrogens with one attached hydrogen (secondary N) is 1. The standard InChI is InChI=1S/C23H31N5O.HI/c1-18-8-9-19(14-26-18)10-11-25-23(24-2)28-16-21-22(17-28)29-13-12-27(21)15-20-6-4-3-5-7-20;/h3-9,14,21-22H,10-13,15-17H2,1-2H3,(H,24,25);1H. The molecule has 2 aliphatic heterocycles. The Labute approximate surface area is 196 Å². The minimum Gasteiger partial charge on any atom is -0.373 e. The van der Waals surface area contributed by atoms with E-state index in [1.807, 2.05) is 20.2 Å². The van der Waals surface area contributed by atoms with Crippen LogP contribution in [0.3, 0.4) is 0 Å². The zero-order valence-electron chi connectivity index (χ0n) is 17.8. The lowest BCUT2D eigenvalue weighted by Gasteiger charge is -2.36. The maximum absolute atomic E-state index is 6.11. The van der Waals surface area contributed by atoms with E-state index in [0.717, 1.165) is 57.4 Å². The number of halogens is 1. The summed E-state index contributed by atoms with van der Waals surface area (Å²) in [5.74, 6) is 0.961. The molecule has 6 nitrogen and oxygen atoms in total. The van der Waals surface area contributed by atoms with Crippen molar-refractivity contribution in [3.63, 3.8) is 0 Å². The minimum absolute atomic E-state index is 0. The monoisotopic (exact) mass is 521 g/mol. The van der Waals surface area contributed by atoms with Gasteiger partial charge in [0.05, 0.1) is 18.8 Å². The van der Waals surface area contributed by atoms with Gasteiger partial charge in [0.15, 0.2) is 5.96 Å². The predicted octanol–water partition coefficient (Wildman–Crippen LogP) is 2.71. The van der Waals surface area contributed by atoms with Crippen LogP contribution in [-0.4, -0.2) is 72.7 Å². The van der Waals surface area contributed by atoms with Gasteiger partial charge in [0, 0.05) is 51.7 Å². The molecule has 3 heterocycles. The number of aryl methyl sites for hydroxylation is 1. The number of rotatable bonds is 5. The molecule has 2 atom stereocenters. The van der Waals surface area contributed by atoms with Crippen LogP contribution in [0.25, 0.3) is 0 Å². The van der Waals surface area contributed by atoms with E-state index in [0.29, 0.717) is 6.04 Å². The number of ether oxygens (including phenoxy) is 1. The van der Waals surface area contributed by atoms with Crippen molar-refractivity contribution in [3.8, 4) is 0 Å². The first-order valence-electron chi connectivity index (χ1n) is 10.5. The Morgan fingerprint density at radius 1 is 1.17 bits per heavy atom. The summed E-state index contributed by atoms with van der Waals surface area (Å²) in [6.45, 7) is 7.46. The topological polar surface area (TPSA) is 53.0 Å². The van der Waals surface area contributed by atoms with Crippen LogP contribution >= 0.6 is 24.0 Å². The first-order chi connectivity index (χ1) is 14.2. The third-order valence-electron chi connectivity index (χ3n) is 5.83. The van der Waals surface area contributed by atoms with Crippen LogP contribution in [-0.2, 0) is 17.7 Å². The fourth-order valence-electron chi connectivity index (χ4n) is 4.24. The second kappa shape index (κ2) is 11.1. The van der Waals surface area contributed by atoms with Gasteiger partial charge in [-0.1, -0.05) is 36.4 Å². The van der Waals surface area contributed by atoms with Gasteiger partial charge in [-0.3, -0.25) is 14.9 Å². The van der Waals surface area contributed by atoms with Crippen LogP contribution in [0.5, 0.6) is 0 Å². The largest absolute Gasteiger partial charge is 0.373 e. The number of benzene rings is 1. The molecule has 0 aliphatic carbocycles. The zero-order valence-corrected chi connectivity index (χ0v) is 20.2. The zero-order chi connectivity index (χ0) is 20.1. The molecule has 2 unspecified atom stereocenters. The van der Waals surface area contributed by atoms with Gasteiger partial charge in [-0.05, 0) is 30.5 Å². The van der Waals surface area contributed by atoms with Crippen molar-refractivity contribution >= 4 is 29.9 Å². The van der Waals surface area contributed by atoms with Crippen LogP contribution in [0.1, 0.15) is 16.8 Å². The SMILES string of the molecule is CN=C(NCCc1ccc(C)nc1)N1CC2OCCN(Cc3ccccc3)C2C1.I. The van der Waals surface area contributed by atoms with Crippen molar-refractivity contribution in [2.24, 2.45) is 4.99 Å². The van der Waals surface area contributed by atoms with Gasteiger partial charge in [0.1, 0.15) is 0 Å². The number of likely N-dealkylation sites (tertiary alicyclic amines) is 1. The molecule has 0 radical (unpaired) electrons. The fourth-order valence-corrected chi connectivity index (χ4v) is 4.24. The van der Waals surface area contributed by atoms with E-state index in [2.05, 4.69) is 67.6 Å². The summed E-state index contributed by atoms with van der Waals surface area (Å²) in [5.41, 5.74) is 3.66. The van der Waals surface area contributed by atoms with E-state index >= 15 is 0 Å². The molecule has 0 spiro atoms. The molecule has 2 aliphatic rings. The van der Waals surface area contributed by atoms with E-state index in [1.165, 1.54) is 11.1 Å². The first-order valence-corrected chi connectivity index (χ1v) is 10.5. The van der Waals surface area contributed by atoms with Gasteiger partial charge in [-0.15, -0.1) is 24.0 Å². The molecule has 30 heavy (non-hydrogen) atoms. The molecule has 0 saturated carbocycles. The van der Waals surface area contributed by atoms with Gasteiger partial charge in [0.25, 0.3) is 0 Å². The van der Waals surface area contributed by atoms with Gasteiger partial charge in [-0.2, -0.15) is 0 Å². The summed E-state index contributed by atoms with van der Waals surface area (Å²) in [6.07, 6.45) is 3.13. The lowest BCUT2D eigenvalue weighted by molar-refractivity contribution is -0.0502. The average Bonchev–Trinajstić information content (AvgIpc) is 3.18. The molecule has 4 rings (SSSR count). The highest BCUT2D eigenvalue weighted by Crippen LogP contribution is 2.24. The van der Waals surface area contributed by atoms with Gasteiger partial charge in [-0.25, -0.2) is 0 Å². The third-order valence-corrected chi connectivity index (χ3v) is 5.83. The van der Waals surface area contributed by atoms with Crippen LogP contribution < -0.4 is 5.32 Å². The quantitative estimate of drug-likeness (QED) is 0.373. The molecule has 0 amide bonds. The summed E-state index contributed by atoms with van der Waals surface area (Å²) >= 11 is 0. The summed E-state index contributed by atoms with van der Waals surface area (Å²) in [6, 6.07) is 15.3. The Hall–Kier alpha value is -1.71. The van der Waals surface area contributed by atoms with Crippen molar-refractivity contribution in [1.82, 2.24) is 20.1 Å². The van der Waals surface area contributed by atoms with Gasteiger partial charge < -0.3 is 15.0 Å². The highest BCUT2D eigenvalue weighted by atomic mass is 127. The molecule has 1 aromatic heterocycles. The molecule has 2 fully saturated rings. The maximum Gasteiger partial charge on any atom is 0.193 e. The van der Waals surface area contributed by atoms with Crippen LogP contribution in [0, 0.1) is 6.92 Å². The number of hydrogen-bond acceptors (Lipinski definition) is 4. The summed E-state index contributed by atoms with van der Waals surface area (Å²) in [7, 11) is 1.86. The van der Waals surface area contributed by atoms with E-state index in [1.54, 1.807) is 0 Å². The van der Waals surface area contributed by atoms with Crippen molar-refractivity contribution in [1.29, 1.82) is 0 Å². The van der Waals surface area contributed by atoms with Crippen LogP contribution in [0.4, 0.5) is 0 Å². The van der Waals surface area contributed by atoms with E-state index < -0.39 is 0 Å². The normalized spacial score (nSPS) is 21.8. The number of fused-ring (bicyclic) bond motifs is 1. The highest BCUT2D eigenvalue weighted by molar-refractivity contribution is 14.0. The van der Waals surface area contributed by atoms with Crippen molar-refractivity contribution < 1.29 is 4.74 Å². The molecule has 2 saturated heterocycles. The Kier molecular flexibility index (Phi) is 8.47. The Morgan fingerprint density at radius 3 is 2.73 bits per heavy atom. The molecule has 2 aromatic rings. The number of aromatic nitrogens is 1. The number of aliphatic imine (C=N–C) groups is 1. The van der Waals surface area contributed by atoms with Crippen molar-refractivity contribution in [2.75, 3.05) is 39.8 Å². The number of guanidine groups is 1. The smallest absolute Gasteiger partial charge is 0.193 e. The third kappa shape index (κ3) is 5.70. The van der Waals surface area contributed by atoms with Crippen LogP contribution in [0.15, 0.2) is 53.7 Å². The highest BCUT2D eigenvalue weighted by Gasteiger charge is 2.41. The van der Waals surface area contributed by atoms with E-state index in [9.17, 15) is 0 Å². The average molecular weight is 521 g/mol. The Morgan fingerprint density at radius 2 is 2.00 bits per heavy atom. The second-order valence-corrected chi connectivity index (χ2v) is 7.87. The van der Waals surface area contributed by atoms with E-state index in [4.69, 9.17) is 4.74 Å². The van der Waals surface area contributed by atoms with Crippen LogP contribution in [0.2, 0.25) is 0 Å². The van der Waals surface area contributed by atoms with Gasteiger partial charge in [0.2, 0.25) is 0 Å². The first kappa shape index (κ1) is 23.0. The molecule has 0 bridgehead atoms. The number of morpholine rings is 1. The number of pyridine rings is 1. The molecule has 1 N–H and O–H groups in total. The van der Waals surface area contributed by atoms with E-state index in [-0.39, 0.29) is 30.1 Å². The summed E-state index contributed by atoms with van der Waals surface area (Å²) in [5, 5.41) is 3.52. The number of nitrogens with zero attached hydrogens (tertiary/aromatic N) is 4. The fraction of sp³-hybridized carbons (Fsp3) is 0.478. The molecule has 162 valence electrons. The lowest BCUT2D eigenvalue weighted by Crippen LogP contribution is -2.50. The van der Waals surface area contributed by atoms with Crippen molar-refractivity contribution in [2.45, 2.75) is 32.0 Å². The maximum atomic E-state index is 6.11. The molecular weight excluding hydrogens is 489 g/mol. The number of hydrogen-bond donors (Lipinski definition) is 1. The lowest BCUT2D eigenvalue weighted by atomic mass is 10.1. The summed E-state index contributed by atoms with van der Waals surface area (Å²) in [4.78, 5) is 13.8. The second-order valence-electron chi connectivity index (χ2n) is 7.87. The Bertz CT molecular complexity index is 814. The van der Waals surface area contributed by atoms with Crippen molar-refractivity contribution in [3.05, 3.63) is 65.5 Å². The molecular formula is C23H32IN5O. The predicted molar refractivity (Wildman–Crippen MR) is 131 cm³/mol. The minimum atomic E-state index is 0. The Balaban J connectivity index is 0.00000256.